The van der Waals surface area contributed by atoms with Crippen LogP contribution in [0.4, 0.5) is 32.6 Å². The van der Waals surface area contributed by atoms with Gasteiger partial charge in [0.25, 0.3) is 0 Å². The second kappa shape index (κ2) is 8.98. The molecule has 0 atom stereocenters. The molecule has 13 heteroatoms. The molecule has 2 heterocycles. The molecule has 172 valence electrons. The molecule has 0 radical (unpaired) electrons. The number of carbonyl (C=O) groups is 1. The van der Waals surface area contributed by atoms with E-state index in [0.29, 0.717) is 14.6 Å². The zero-order valence-electron chi connectivity index (χ0n) is 16.6. The van der Waals surface area contributed by atoms with E-state index < -0.39 is 30.5 Å². The number of hydrogen-bond donors (Lipinski definition) is 1. The molecule has 0 spiro atoms. The highest BCUT2D eigenvalue weighted by molar-refractivity contribution is 7.73. The minimum absolute atomic E-state index is 0.0227. The summed E-state index contributed by atoms with van der Waals surface area (Å²) in [6.07, 6.45) is -12.7. The van der Waals surface area contributed by atoms with Gasteiger partial charge in [0.2, 0.25) is 0 Å². The summed E-state index contributed by atoms with van der Waals surface area (Å²) in [5.41, 5.74) is 0.721. The van der Waals surface area contributed by atoms with E-state index in [2.05, 4.69) is 14.7 Å². The van der Waals surface area contributed by atoms with Crippen molar-refractivity contribution in [3.63, 3.8) is 0 Å². The summed E-state index contributed by atoms with van der Waals surface area (Å²) < 4.78 is 73.2. The van der Waals surface area contributed by atoms with E-state index in [1.807, 2.05) is 0 Å². The summed E-state index contributed by atoms with van der Waals surface area (Å²) in [6.45, 7) is 3.48. The number of nitrogens with zero attached hydrogens (tertiary/aromatic N) is 2. The average Bonchev–Trinajstić information content (AvgIpc) is 3.00. The first kappa shape index (κ1) is 23.9. The first-order valence-electron chi connectivity index (χ1n) is 9.07. The van der Waals surface area contributed by atoms with Gasteiger partial charge in [-0.2, -0.15) is 22.0 Å². The van der Waals surface area contributed by atoms with Gasteiger partial charge in [0.15, 0.2) is 3.95 Å². The van der Waals surface area contributed by atoms with E-state index in [1.165, 1.54) is 16.2 Å². The number of aromatic nitrogens is 2. The fraction of sp³-hybridized carbons (Fsp3) is 0.316. The molecular weight excluding hydrogens is 477 g/mol. The highest BCUT2D eigenvalue weighted by atomic mass is 32.1. The summed E-state index contributed by atoms with van der Waals surface area (Å²) in [4.78, 5) is 22.0. The molecule has 6 nitrogen and oxygen atoms in total. The van der Waals surface area contributed by atoms with E-state index in [0.717, 1.165) is 29.8 Å². The van der Waals surface area contributed by atoms with Gasteiger partial charge in [0, 0.05) is 6.04 Å². The van der Waals surface area contributed by atoms with Crippen molar-refractivity contribution in [2.75, 3.05) is 4.90 Å². The minimum Gasteiger partial charge on any atom is -0.432 e. The molecule has 3 aromatic rings. The van der Waals surface area contributed by atoms with Crippen molar-refractivity contribution < 1.29 is 36.2 Å². The van der Waals surface area contributed by atoms with Crippen molar-refractivity contribution in [3.05, 3.63) is 40.4 Å². The molecule has 1 N–H and O–H groups in total. The Bertz CT molecular complexity index is 1160. The first-order chi connectivity index (χ1) is 14.8. The standard InChI is InChI=1S/C19H16F5N3O3S2/c1-10(2)27(14-8-7-13-15(26-14)32-16(31)25-13)17(28)29-11-3-5-12(6-4-11)30-19(23,24)9-18(20,21)22/h3-8,10H,9H2,1-2H3,(H,25,31). The normalized spacial score (nSPS) is 12.2. The number of thiazole rings is 1. The fourth-order valence-electron chi connectivity index (χ4n) is 2.70. The van der Waals surface area contributed by atoms with Crippen molar-refractivity contribution in [3.8, 4) is 11.5 Å². The number of carbonyl (C=O) groups excluding carboxylic acids is 1. The third-order valence-electron chi connectivity index (χ3n) is 3.93. The van der Waals surface area contributed by atoms with Gasteiger partial charge < -0.3 is 14.5 Å². The van der Waals surface area contributed by atoms with Gasteiger partial charge in [-0.3, -0.25) is 4.90 Å². The number of anilines is 1. The molecule has 1 aromatic carbocycles. The molecule has 0 unspecified atom stereocenters. The number of rotatable bonds is 6. The lowest BCUT2D eigenvalue weighted by molar-refractivity contribution is -0.255. The van der Waals surface area contributed by atoms with Crippen LogP contribution in [-0.2, 0) is 0 Å². The van der Waals surface area contributed by atoms with E-state index >= 15 is 0 Å². The number of halogens is 5. The molecule has 0 fully saturated rings. The Morgan fingerprint density at radius 3 is 2.34 bits per heavy atom. The van der Waals surface area contributed by atoms with Crippen LogP contribution in [-0.4, -0.2) is 34.4 Å². The number of nitrogens with one attached hydrogen (secondary N) is 1. The predicted octanol–water partition coefficient (Wildman–Crippen LogP) is 6.69. The van der Waals surface area contributed by atoms with E-state index in [4.69, 9.17) is 17.0 Å². The number of fused-ring (bicyclic) bond motifs is 1. The number of benzene rings is 1. The van der Waals surface area contributed by atoms with Crippen LogP contribution in [0.1, 0.15) is 20.3 Å². The van der Waals surface area contributed by atoms with Gasteiger partial charge >= 0.3 is 18.4 Å². The third-order valence-corrected chi connectivity index (χ3v) is 5.08. The van der Waals surface area contributed by atoms with Gasteiger partial charge in [-0.1, -0.05) is 11.3 Å². The zero-order valence-corrected chi connectivity index (χ0v) is 18.2. The lowest BCUT2D eigenvalue weighted by Crippen LogP contribution is -2.39. The molecule has 0 saturated heterocycles. The quantitative estimate of drug-likeness (QED) is 0.306. The summed E-state index contributed by atoms with van der Waals surface area (Å²) in [6, 6.07) is 7.20. The van der Waals surface area contributed by atoms with Crippen LogP contribution in [0.3, 0.4) is 0 Å². The molecule has 0 saturated carbocycles. The smallest absolute Gasteiger partial charge is 0.421 e. The first-order valence-corrected chi connectivity index (χ1v) is 10.3. The second-order valence-electron chi connectivity index (χ2n) is 6.87. The lowest BCUT2D eigenvalue weighted by atomic mass is 10.3. The number of hydrogen-bond acceptors (Lipinski definition) is 6. The molecule has 0 aliphatic carbocycles. The summed E-state index contributed by atoms with van der Waals surface area (Å²) >= 11 is 6.33. The Morgan fingerprint density at radius 2 is 1.75 bits per heavy atom. The molecule has 0 bridgehead atoms. The van der Waals surface area contributed by atoms with Crippen molar-refractivity contribution in [2.24, 2.45) is 0 Å². The van der Waals surface area contributed by atoms with Crippen LogP contribution >= 0.6 is 23.6 Å². The number of aromatic amines is 1. The Balaban J connectivity index is 1.73. The lowest BCUT2D eigenvalue weighted by Gasteiger charge is -2.25. The summed E-state index contributed by atoms with van der Waals surface area (Å²) in [7, 11) is 0. The maximum Gasteiger partial charge on any atom is 0.421 e. The van der Waals surface area contributed by atoms with Crippen LogP contribution in [0.2, 0.25) is 0 Å². The van der Waals surface area contributed by atoms with E-state index in [9.17, 15) is 26.7 Å². The molecule has 3 rings (SSSR count). The second-order valence-corrected chi connectivity index (χ2v) is 8.54. The van der Waals surface area contributed by atoms with Crippen LogP contribution < -0.4 is 14.4 Å². The third kappa shape index (κ3) is 6.13. The molecular formula is C19H16F5N3O3S2. The Kier molecular flexibility index (Phi) is 6.69. The summed E-state index contributed by atoms with van der Waals surface area (Å²) in [5.74, 6) is -0.222. The largest absolute Gasteiger partial charge is 0.432 e. The number of pyridine rings is 1. The summed E-state index contributed by atoms with van der Waals surface area (Å²) in [5, 5.41) is 0. The highest BCUT2D eigenvalue weighted by Crippen LogP contribution is 2.34. The van der Waals surface area contributed by atoms with Gasteiger partial charge in [-0.15, -0.1) is 0 Å². The van der Waals surface area contributed by atoms with Crippen molar-refractivity contribution in [1.82, 2.24) is 9.97 Å². The maximum atomic E-state index is 13.4. The zero-order chi connectivity index (χ0) is 23.7. The Hall–Kier alpha value is -2.80. The Labute approximate surface area is 187 Å². The van der Waals surface area contributed by atoms with Gasteiger partial charge in [0.05, 0.1) is 5.52 Å². The maximum absolute atomic E-state index is 13.4. The van der Waals surface area contributed by atoms with Crippen LogP contribution in [0.25, 0.3) is 10.3 Å². The highest BCUT2D eigenvalue weighted by Gasteiger charge is 2.45. The van der Waals surface area contributed by atoms with E-state index in [-0.39, 0.29) is 11.8 Å². The number of ether oxygens (including phenoxy) is 2. The Morgan fingerprint density at radius 1 is 1.12 bits per heavy atom. The monoisotopic (exact) mass is 493 g/mol. The van der Waals surface area contributed by atoms with Crippen LogP contribution in [0.5, 0.6) is 11.5 Å². The van der Waals surface area contributed by atoms with Crippen molar-refractivity contribution in [1.29, 1.82) is 0 Å². The van der Waals surface area contributed by atoms with Gasteiger partial charge in [-0.05, 0) is 62.5 Å². The predicted molar refractivity (Wildman–Crippen MR) is 111 cm³/mol. The van der Waals surface area contributed by atoms with Crippen LogP contribution in [0, 0.1) is 3.95 Å². The molecule has 0 aliphatic heterocycles. The van der Waals surface area contributed by atoms with Gasteiger partial charge in [-0.25, -0.2) is 9.78 Å². The van der Waals surface area contributed by atoms with Crippen LogP contribution in [0.15, 0.2) is 36.4 Å². The minimum atomic E-state index is -5.09. The average molecular weight is 493 g/mol. The van der Waals surface area contributed by atoms with Crippen molar-refractivity contribution >= 4 is 45.8 Å². The fourth-order valence-corrected chi connectivity index (χ4v) is 3.75. The molecule has 32 heavy (non-hydrogen) atoms. The number of alkyl halides is 5. The van der Waals surface area contributed by atoms with Crippen molar-refractivity contribution in [2.45, 2.75) is 38.6 Å². The number of H-pyrrole nitrogens is 1. The SMILES string of the molecule is CC(C)N(C(=O)Oc1ccc(OC(F)(F)CC(F)(F)F)cc1)c1ccc2[nH]c(=S)sc2n1. The van der Waals surface area contributed by atoms with E-state index in [1.54, 1.807) is 26.0 Å². The van der Waals surface area contributed by atoms with Gasteiger partial charge in [0.1, 0.15) is 28.6 Å². The number of amides is 1. The molecule has 0 aliphatic rings. The molecule has 1 amide bonds. The molecule has 2 aromatic heterocycles. The topological polar surface area (TPSA) is 67.5 Å².